The molecule has 1 aliphatic rings. The predicted molar refractivity (Wildman–Crippen MR) is 75.7 cm³/mol. The van der Waals surface area contributed by atoms with Gasteiger partial charge in [0, 0.05) is 6.42 Å². The molecule has 0 N–H and O–H groups in total. The number of methoxy groups -OCH3 is 1. The molecule has 0 saturated heterocycles. The number of hydrogen-bond acceptors (Lipinski definition) is 4. The minimum Gasteiger partial charge on any atom is -0.497 e. The molecule has 108 valence electrons. The van der Waals surface area contributed by atoms with Gasteiger partial charge in [-0.05, 0) is 24.1 Å². The first kappa shape index (κ1) is 14.8. The summed E-state index contributed by atoms with van der Waals surface area (Å²) in [6.45, 7) is 1.08. The Kier molecular flexibility index (Phi) is 5.77. The van der Waals surface area contributed by atoms with Gasteiger partial charge in [-0.15, -0.1) is 0 Å². The van der Waals surface area contributed by atoms with Gasteiger partial charge in [0.25, 0.3) is 0 Å². The van der Waals surface area contributed by atoms with Gasteiger partial charge < -0.3 is 19.0 Å². The lowest BCUT2D eigenvalue weighted by Crippen LogP contribution is -2.28. The van der Waals surface area contributed by atoms with E-state index in [4.69, 9.17) is 14.2 Å². The molecule has 1 heterocycles. The monoisotopic (exact) mass is 276 g/mol. The van der Waals surface area contributed by atoms with E-state index in [1.807, 2.05) is 30.3 Å². The van der Waals surface area contributed by atoms with Crippen molar-refractivity contribution in [3.8, 4) is 5.75 Å². The molecule has 0 fully saturated rings. The number of hydrogen-bond donors (Lipinski definition) is 0. The lowest BCUT2D eigenvalue weighted by molar-refractivity contribution is -0.112. The van der Waals surface area contributed by atoms with Gasteiger partial charge in [-0.1, -0.05) is 24.3 Å². The molecular formula is C16H20O4. The standard InChI is InChI=1S/C16H20O4/c1-18-14-7-5-13(6-8-14)11-19-12-16-4-2-3-15(20-16)9-10-17/h2-3,5-8,10,15-16H,4,9,11-12H2,1H3/t15-,16-/m1/s1. The molecule has 0 amide bonds. The van der Waals surface area contributed by atoms with Crippen LogP contribution in [0.5, 0.6) is 5.75 Å². The summed E-state index contributed by atoms with van der Waals surface area (Å²) >= 11 is 0. The lowest BCUT2D eigenvalue weighted by Gasteiger charge is -2.24. The summed E-state index contributed by atoms with van der Waals surface area (Å²) in [5.74, 6) is 0.839. The average Bonchev–Trinajstić information content (AvgIpc) is 2.49. The van der Waals surface area contributed by atoms with Crippen molar-refractivity contribution in [1.82, 2.24) is 0 Å². The van der Waals surface area contributed by atoms with Crippen LogP contribution in [0.15, 0.2) is 36.4 Å². The summed E-state index contributed by atoms with van der Waals surface area (Å²) in [7, 11) is 1.65. The topological polar surface area (TPSA) is 44.8 Å². The number of carbonyl (C=O) groups is 1. The molecule has 1 aliphatic heterocycles. The van der Waals surface area contributed by atoms with Gasteiger partial charge in [-0.25, -0.2) is 0 Å². The highest BCUT2D eigenvalue weighted by molar-refractivity contribution is 5.50. The van der Waals surface area contributed by atoms with Crippen molar-refractivity contribution in [2.75, 3.05) is 13.7 Å². The van der Waals surface area contributed by atoms with Crippen LogP contribution in [-0.2, 0) is 20.9 Å². The van der Waals surface area contributed by atoms with Crippen LogP contribution in [-0.4, -0.2) is 32.2 Å². The highest BCUT2D eigenvalue weighted by Crippen LogP contribution is 2.16. The molecule has 2 atom stereocenters. The molecule has 0 bridgehead atoms. The average molecular weight is 276 g/mol. The Labute approximate surface area is 119 Å². The summed E-state index contributed by atoms with van der Waals surface area (Å²) in [5, 5.41) is 0. The first-order valence-electron chi connectivity index (χ1n) is 6.78. The summed E-state index contributed by atoms with van der Waals surface area (Å²) in [5.41, 5.74) is 1.10. The smallest absolute Gasteiger partial charge is 0.122 e. The second-order valence-corrected chi connectivity index (χ2v) is 4.73. The van der Waals surface area contributed by atoms with Crippen LogP contribution < -0.4 is 4.74 Å². The number of aldehydes is 1. The van der Waals surface area contributed by atoms with E-state index in [1.54, 1.807) is 7.11 Å². The quantitative estimate of drug-likeness (QED) is 0.567. The van der Waals surface area contributed by atoms with E-state index in [0.29, 0.717) is 19.6 Å². The maximum Gasteiger partial charge on any atom is 0.122 e. The van der Waals surface area contributed by atoms with Gasteiger partial charge in [0.15, 0.2) is 0 Å². The van der Waals surface area contributed by atoms with E-state index in [-0.39, 0.29) is 12.2 Å². The molecule has 0 radical (unpaired) electrons. The Morgan fingerprint density at radius 2 is 2.15 bits per heavy atom. The van der Waals surface area contributed by atoms with Gasteiger partial charge in [-0.3, -0.25) is 0 Å². The van der Waals surface area contributed by atoms with E-state index in [9.17, 15) is 4.79 Å². The van der Waals surface area contributed by atoms with Crippen molar-refractivity contribution in [2.45, 2.75) is 31.7 Å². The van der Waals surface area contributed by atoms with E-state index in [0.717, 1.165) is 24.0 Å². The van der Waals surface area contributed by atoms with Crippen molar-refractivity contribution in [2.24, 2.45) is 0 Å². The molecule has 4 heteroatoms. The summed E-state index contributed by atoms with van der Waals surface area (Å²) in [6.07, 6.45) is 6.05. The minimum atomic E-state index is -0.101. The van der Waals surface area contributed by atoms with E-state index in [2.05, 4.69) is 6.08 Å². The normalized spacial score (nSPS) is 21.6. The fraction of sp³-hybridized carbons (Fsp3) is 0.438. The minimum absolute atomic E-state index is 0.0307. The first-order valence-corrected chi connectivity index (χ1v) is 6.78. The number of carbonyl (C=O) groups excluding carboxylic acids is 1. The summed E-state index contributed by atoms with van der Waals surface area (Å²) in [6, 6.07) is 7.79. The van der Waals surface area contributed by atoms with Crippen LogP contribution in [0.1, 0.15) is 18.4 Å². The zero-order valence-electron chi connectivity index (χ0n) is 11.7. The largest absolute Gasteiger partial charge is 0.497 e. The maximum absolute atomic E-state index is 10.5. The number of ether oxygens (including phenoxy) is 3. The third-order valence-corrected chi connectivity index (χ3v) is 3.18. The predicted octanol–water partition coefficient (Wildman–Crippen LogP) is 2.51. The first-order chi connectivity index (χ1) is 9.81. The van der Waals surface area contributed by atoms with Crippen LogP contribution >= 0.6 is 0 Å². The van der Waals surface area contributed by atoms with E-state index in [1.165, 1.54) is 0 Å². The molecule has 1 aromatic rings. The summed E-state index contributed by atoms with van der Waals surface area (Å²) in [4.78, 5) is 10.5. The van der Waals surface area contributed by atoms with E-state index < -0.39 is 0 Å². The highest BCUT2D eigenvalue weighted by Gasteiger charge is 2.17. The van der Waals surface area contributed by atoms with Crippen molar-refractivity contribution < 1.29 is 19.0 Å². The van der Waals surface area contributed by atoms with Crippen LogP contribution in [0.25, 0.3) is 0 Å². The molecule has 0 spiro atoms. The van der Waals surface area contributed by atoms with Crippen LogP contribution in [0.3, 0.4) is 0 Å². The van der Waals surface area contributed by atoms with Crippen LogP contribution in [0.2, 0.25) is 0 Å². The molecule has 0 aromatic heterocycles. The van der Waals surface area contributed by atoms with Crippen molar-refractivity contribution in [1.29, 1.82) is 0 Å². The zero-order valence-corrected chi connectivity index (χ0v) is 11.7. The second-order valence-electron chi connectivity index (χ2n) is 4.73. The zero-order chi connectivity index (χ0) is 14.2. The fourth-order valence-corrected chi connectivity index (χ4v) is 2.10. The maximum atomic E-state index is 10.5. The number of benzene rings is 1. The lowest BCUT2D eigenvalue weighted by atomic mass is 10.1. The second kappa shape index (κ2) is 7.82. The summed E-state index contributed by atoms with van der Waals surface area (Å²) < 4.78 is 16.5. The third-order valence-electron chi connectivity index (χ3n) is 3.18. The van der Waals surface area contributed by atoms with Crippen molar-refractivity contribution in [3.05, 3.63) is 42.0 Å². The molecule has 1 aromatic carbocycles. The third kappa shape index (κ3) is 4.47. The Balaban J connectivity index is 1.72. The molecule has 20 heavy (non-hydrogen) atoms. The molecule has 0 unspecified atom stereocenters. The molecule has 0 aliphatic carbocycles. The van der Waals surface area contributed by atoms with Gasteiger partial charge in [0.1, 0.15) is 12.0 Å². The molecule has 4 nitrogen and oxygen atoms in total. The molecule has 2 rings (SSSR count). The number of rotatable bonds is 7. The van der Waals surface area contributed by atoms with Gasteiger partial charge >= 0.3 is 0 Å². The van der Waals surface area contributed by atoms with Crippen molar-refractivity contribution in [3.63, 3.8) is 0 Å². The molecular weight excluding hydrogens is 256 g/mol. The highest BCUT2D eigenvalue weighted by atomic mass is 16.5. The fourth-order valence-electron chi connectivity index (χ4n) is 2.10. The Morgan fingerprint density at radius 3 is 2.85 bits per heavy atom. The van der Waals surface area contributed by atoms with Crippen molar-refractivity contribution >= 4 is 6.29 Å². The van der Waals surface area contributed by atoms with Gasteiger partial charge in [0.05, 0.1) is 32.5 Å². The SMILES string of the molecule is COc1ccc(COC[C@H]2CC=C[C@H](CC=O)O2)cc1. The van der Waals surface area contributed by atoms with Gasteiger partial charge in [0.2, 0.25) is 0 Å². The molecule has 0 saturated carbocycles. The van der Waals surface area contributed by atoms with Crippen LogP contribution in [0, 0.1) is 0 Å². The Bertz CT molecular complexity index is 438. The van der Waals surface area contributed by atoms with Gasteiger partial charge in [-0.2, -0.15) is 0 Å². The Hall–Kier alpha value is -1.65. The Morgan fingerprint density at radius 1 is 1.35 bits per heavy atom. The van der Waals surface area contributed by atoms with E-state index >= 15 is 0 Å². The van der Waals surface area contributed by atoms with Crippen LogP contribution in [0.4, 0.5) is 0 Å².